The Hall–Kier alpha value is -1.82. The predicted octanol–water partition coefficient (Wildman–Crippen LogP) is 2.59. The molecule has 0 aliphatic carbocycles. The van der Waals surface area contributed by atoms with Crippen LogP contribution in [0.4, 0.5) is 8.78 Å². The number of halogens is 2. The van der Waals surface area contributed by atoms with E-state index in [4.69, 9.17) is 10.3 Å². The first kappa shape index (κ1) is 13.6. The second-order valence-corrected chi connectivity index (χ2v) is 4.77. The van der Waals surface area contributed by atoms with E-state index in [1.54, 1.807) is 0 Å². The molecule has 0 radical (unpaired) electrons. The summed E-state index contributed by atoms with van der Waals surface area (Å²) in [4.78, 5) is 4.14. The third kappa shape index (κ3) is 3.35. The van der Waals surface area contributed by atoms with Crippen LogP contribution < -0.4 is 5.73 Å². The van der Waals surface area contributed by atoms with Crippen molar-refractivity contribution in [3.63, 3.8) is 0 Å². The number of nitrogens with zero attached hydrogens (tertiary/aromatic N) is 2. The summed E-state index contributed by atoms with van der Waals surface area (Å²) in [5, 5.41) is 3.76. The lowest BCUT2D eigenvalue weighted by molar-refractivity contribution is 0.322. The Kier molecular flexibility index (Phi) is 3.90. The number of nitrogens with two attached hydrogens (primary N) is 1. The number of rotatable bonds is 4. The summed E-state index contributed by atoms with van der Waals surface area (Å²) in [7, 11) is 0. The zero-order valence-electron chi connectivity index (χ0n) is 10.7. The van der Waals surface area contributed by atoms with E-state index >= 15 is 0 Å². The van der Waals surface area contributed by atoms with Crippen molar-refractivity contribution in [1.82, 2.24) is 10.1 Å². The molecule has 1 atom stereocenters. The average Bonchev–Trinajstić information content (AvgIpc) is 2.74. The summed E-state index contributed by atoms with van der Waals surface area (Å²) in [5.41, 5.74) is 6.32. The van der Waals surface area contributed by atoms with Gasteiger partial charge >= 0.3 is 0 Å². The molecule has 1 aromatic heterocycles. The van der Waals surface area contributed by atoms with E-state index in [0.29, 0.717) is 17.3 Å². The van der Waals surface area contributed by atoms with Crippen molar-refractivity contribution in [2.75, 3.05) is 0 Å². The smallest absolute Gasteiger partial charge is 0.243 e. The van der Waals surface area contributed by atoms with Crippen LogP contribution in [0.15, 0.2) is 22.7 Å². The second-order valence-electron chi connectivity index (χ2n) is 4.77. The van der Waals surface area contributed by atoms with E-state index in [-0.39, 0.29) is 18.4 Å². The number of benzene rings is 1. The molecule has 102 valence electrons. The van der Waals surface area contributed by atoms with Gasteiger partial charge in [0.05, 0.1) is 6.04 Å². The van der Waals surface area contributed by atoms with Gasteiger partial charge in [-0.2, -0.15) is 4.98 Å². The molecule has 1 aromatic carbocycles. The summed E-state index contributed by atoms with van der Waals surface area (Å²) in [6.07, 6.45) is 0.197. The zero-order chi connectivity index (χ0) is 14.0. The fourth-order valence-corrected chi connectivity index (χ4v) is 1.66. The lowest BCUT2D eigenvalue weighted by atomic mass is 10.1. The summed E-state index contributed by atoms with van der Waals surface area (Å²) in [6, 6.07) is 2.95. The van der Waals surface area contributed by atoms with Crippen molar-refractivity contribution in [1.29, 1.82) is 0 Å². The van der Waals surface area contributed by atoms with Crippen LogP contribution >= 0.6 is 0 Å². The Morgan fingerprint density at radius 3 is 2.42 bits per heavy atom. The van der Waals surface area contributed by atoms with Gasteiger partial charge in [0, 0.05) is 12.5 Å². The fourth-order valence-electron chi connectivity index (χ4n) is 1.66. The number of hydrogen-bond acceptors (Lipinski definition) is 4. The molecule has 0 aliphatic rings. The lowest BCUT2D eigenvalue weighted by Gasteiger charge is -2.09. The van der Waals surface area contributed by atoms with Gasteiger partial charge in [0.15, 0.2) is 5.82 Å². The minimum Gasteiger partial charge on any atom is -0.338 e. The molecule has 0 spiro atoms. The van der Waals surface area contributed by atoms with Crippen LogP contribution in [-0.4, -0.2) is 10.1 Å². The van der Waals surface area contributed by atoms with E-state index in [1.807, 2.05) is 13.8 Å². The van der Waals surface area contributed by atoms with Crippen molar-refractivity contribution >= 4 is 0 Å². The van der Waals surface area contributed by atoms with Crippen LogP contribution in [0.1, 0.15) is 37.2 Å². The molecule has 4 nitrogen and oxygen atoms in total. The van der Waals surface area contributed by atoms with E-state index < -0.39 is 11.6 Å². The topological polar surface area (TPSA) is 64.9 Å². The Morgan fingerprint density at radius 2 is 1.84 bits per heavy atom. The van der Waals surface area contributed by atoms with Crippen LogP contribution in [-0.2, 0) is 6.42 Å². The van der Waals surface area contributed by atoms with Gasteiger partial charge in [-0.05, 0) is 23.6 Å². The quantitative estimate of drug-likeness (QED) is 0.924. The van der Waals surface area contributed by atoms with Gasteiger partial charge < -0.3 is 10.3 Å². The van der Waals surface area contributed by atoms with Crippen LogP contribution in [0.3, 0.4) is 0 Å². The van der Waals surface area contributed by atoms with Gasteiger partial charge in [0.1, 0.15) is 11.6 Å². The van der Waals surface area contributed by atoms with Crippen molar-refractivity contribution in [3.8, 4) is 0 Å². The summed E-state index contributed by atoms with van der Waals surface area (Å²) < 4.78 is 31.1. The maximum Gasteiger partial charge on any atom is 0.243 e. The highest BCUT2D eigenvalue weighted by Gasteiger charge is 2.18. The first-order valence-corrected chi connectivity index (χ1v) is 5.98. The van der Waals surface area contributed by atoms with Crippen LogP contribution in [0.25, 0.3) is 0 Å². The molecule has 6 heteroatoms. The first-order chi connectivity index (χ1) is 8.95. The van der Waals surface area contributed by atoms with E-state index in [1.165, 1.54) is 12.1 Å². The molecule has 19 heavy (non-hydrogen) atoms. The molecule has 2 rings (SSSR count). The number of aromatic nitrogens is 2. The minimum atomic E-state index is -0.627. The summed E-state index contributed by atoms with van der Waals surface area (Å²) >= 11 is 0. The van der Waals surface area contributed by atoms with Gasteiger partial charge in [-0.25, -0.2) is 8.78 Å². The highest BCUT2D eigenvalue weighted by atomic mass is 19.1. The Morgan fingerprint density at radius 1 is 1.21 bits per heavy atom. The van der Waals surface area contributed by atoms with Crippen molar-refractivity contribution in [3.05, 3.63) is 47.1 Å². The van der Waals surface area contributed by atoms with Gasteiger partial charge in [0.2, 0.25) is 5.89 Å². The number of hydrogen-bond donors (Lipinski definition) is 1. The van der Waals surface area contributed by atoms with Gasteiger partial charge in [0.25, 0.3) is 0 Å². The molecular weight excluding hydrogens is 252 g/mol. The second kappa shape index (κ2) is 5.44. The molecule has 0 fully saturated rings. The highest BCUT2D eigenvalue weighted by molar-refractivity contribution is 5.21. The molecule has 0 aliphatic heterocycles. The largest absolute Gasteiger partial charge is 0.338 e. The molecule has 0 unspecified atom stereocenters. The maximum atomic E-state index is 13.0. The Bertz CT molecular complexity index is 549. The fraction of sp³-hybridized carbons (Fsp3) is 0.385. The van der Waals surface area contributed by atoms with Crippen LogP contribution in [0.2, 0.25) is 0 Å². The molecule has 2 N–H and O–H groups in total. The molecule has 0 saturated carbocycles. The van der Waals surface area contributed by atoms with Crippen molar-refractivity contribution < 1.29 is 13.3 Å². The third-order valence-corrected chi connectivity index (χ3v) is 2.77. The average molecular weight is 267 g/mol. The lowest BCUT2D eigenvalue weighted by Crippen LogP contribution is -2.17. The minimum absolute atomic E-state index is 0.167. The van der Waals surface area contributed by atoms with E-state index in [2.05, 4.69) is 10.1 Å². The molecular formula is C13H15F2N3O. The highest BCUT2D eigenvalue weighted by Crippen LogP contribution is 2.18. The standard InChI is InChI=1S/C13H15F2N3O/c1-7(2)12(16)13-17-11(18-19-13)5-8-3-9(14)6-10(15)4-8/h3-4,6-7,12H,5,16H2,1-2H3/t12-/m0/s1. The summed E-state index contributed by atoms with van der Waals surface area (Å²) in [5.74, 6) is -0.395. The molecule has 2 aromatic rings. The maximum absolute atomic E-state index is 13.0. The van der Waals surface area contributed by atoms with E-state index in [0.717, 1.165) is 6.07 Å². The Balaban J connectivity index is 2.15. The third-order valence-electron chi connectivity index (χ3n) is 2.77. The summed E-state index contributed by atoms with van der Waals surface area (Å²) in [6.45, 7) is 3.88. The predicted molar refractivity (Wildman–Crippen MR) is 65.2 cm³/mol. The zero-order valence-corrected chi connectivity index (χ0v) is 10.7. The van der Waals surface area contributed by atoms with Crippen LogP contribution in [0.5, 0.6) is 0 Å². The molecule has 0 amide bonds. The molecule has 0 saturated heterocycles. The SMILES string of the molecule is CC(C)[C@H](N)c1nc(Cc2cc(F)cc(F)c2)no1. The normalized spacial score (nSPS) is 12.9. The first-order valence-electron chi connectivity index (χ1n) is 5.98. The van der Waals surface area contributed by atoms with Crippen molar-refractivity contribution in [2.24, 2.45) is 11.7 Å². The molecule has 0 bridgehead atoms. The van der Waals surface area contributed by atoms with E-state index in [9.17, 15) is 8.78 Å². The van der Waals surface area contributed by atoms with Crippen LogP contribution in [0, 0.1) is 17.6 Å². The van der Waals surface area contributed by atoms with Crippen molar-refractivity contribution in [2.45, 2.75) is 26.3 Å². The molecule has 1 heterocycles. The van der Waals surface area contributed by atoms with Gasteiger partial charge in [-0.3, -0.25) is 0 Å². The van der Waals surface area contributed by atoms with Gasteiger partial charge in [-0.1, -0.05) is 19.0 Å². The Labute approximate surface area is 109 Å². The van der Waals surface area contributed by atoms with Gasteiger partial charge in [-0.15, -0.1) is 0 Å². The monoisotopic (exact) mass is 267 g/mol.